The third-order valence-electron chi connectivity index (χ3n) is 1.36. The second kappa shape index (κ2) is 3.69. The second-order valence-electron chi connectivity index (χ2n) is 2.39. The summed E-state index contributed by atoms with van der Waals surface area (Å²) in [7, 11) is 0. The maximum Gasteiger partial charge on any atom is 0.451 e. The average molecular weight is 192 g/mol. The molecule has 0 bridgehead atoms. The molecule has 72 valence electrons. The van der Waals surface area contributed by atoms with Gasteiger partial charge in [0.05, 0.1) is 0 Å². The molecule has 0 aliphatic carbocycles. The lowest BCUT2D eigenvalue weighted by molar-refractivity contribution is -0.145. The number of halogens is 3. The molecule has 3 nitrogen and oxygen atoms in total. The number of alkyl halides is 3. The highest BCUT2D eigenvalue weighted by Gasteiger charge is 2.34. The minimum Gasteiger partial charge on any atom is -0.396 e. The van der Waals surface area contributed by atoms with Gasteiger partial charge >= 0.3 is 6.18 Å². The Kier molecular flexibility index (Phi) is 2.82. The first-order valence-corrected chi connectivity index (χ1v) is 3.53. The van der Waals surface area contributed by atoms with Crippen molar-refractivity contribution < 1.29 is 18.3 Å². The Morgan fingerprint density at radius 1 is 1.23 bits per heavy atom. The summed E-state index contributed by atoms with van der Waals surface area (Å²) in [5.74, 6) is -1.16. The number of aliphatic hydroxyl groups excluding tert-OH is 1. The van der Waals surface area contributed by atoms with Gasteiger partial charge in [-0.2, -0.15) is 13.2 Å². The van der Waals surface area contributed by atoms with E-state index in [0.29, 0.717) is 5.56 Å². The fourth-order valence-electron chi connectivity index (χ4n) is 0.759. The van der Waals surface area contributed by atoms with Gasteiger partial charge in [-0.3, -0.25) is 0 Å². The molecule has 13 heavy (non-hydrogen) atoms. The third-order valence-corrected chi connectivity index (χ3v) is 1.36. The Hall–Kier alpha value is -1.17. The Labute approximate surface area is 72.3 Å². The molecule has 1 N–H and O–H groups in total. The summed E-state index contributed by atoms with van der Waals surface area (Å²) in [5, 5.41) is 8.47. The lowest BCUT2D eigenvalue weighted by Crippen LogP contribution is -2.11. The molecule has 0 radical (unpaired) electrons. The number of hydrogen-bond donors (Lipinski definition) is 1. The van der Waals surface area contributed by atoms with Gasteiger partial charge in [0.15, 0.2) is 0 Å². The van der Waals surface area contributed by atoms with E-state index in [2.05, 4.69) is 9.97 Å². The molecule has 0 amide bonds. The number of rotatable bonds is 2. The number of nitrogens with zero attached hydrogens (tertiary/aromatic N) is 2. The molecule has 0 saturated heterocycles. The highest BCUT2D eigenvalue weighted by atomic mass is 19.4. The van der Waals surface area contributed by atoms with Crippen molar-refractivity contribution in [2.75, 3.05) is 6.61 Å². The van der Waals surface area contributed by atoms with Crippen LogP contribution < -0.4 is 0 Å². The van der Waals surface area contributed by atoms with E-state index < -0.39 is 12.0 Å². The van der Waals surface area contributed by atoms with Crippen LogP contribution >= 0.6 is 0 Å². The molecule has 0 atom stereocenters. The molecule has 0 spiro atoms. The predicted octanol–water partition coefficient (Wildman–Crippen LogP) is 1.03. The lowest BCUT2D eigenvalue weighted by atomic mass is 10.2. The van der Waals surface area contributed by atoms with Gasteiger partial charge < -0.3 is 5.11 Å². The summed E-state index contributed by atoms with van der Waals surface area (Å²) < 4.78 is 35.8. The van der Waals surface area contributed by atoms with Gasteiger partial charge in [0.25, 0.3) is 0 Å². The summed E-state index contributed by atoms with van der Waals surface area (Å²) in [6.07, 6.45) is -2.12. The van der Waals surface area contributed by atoms with E-state index in [0.717, 1.165) is 12.4 Å². The van der Waals surface area contributed by atoms with Gasteiger partial charge in [-0.15, -0.1) is 0 Å². The van der Waals surface area contributed by atoms with Crippen molar-refractivity contribution in [3.05, 3.63) is 23.8 Å². The zero-order chi connectivity index (χ0) is 9.90. The van der Waals surface area contributed by atoms with E-state index in [4.69, 9.17) is 5.11 Å². The molecule has 1 aromatic rings. The topological polar surface area (TPSA) is 46.0 Å². The monoisotopic (exact) mass is 192 g/mol. The first kappa shape index (κ1) is 9.91. The summed E-state index contributed by atoms with van der Waals surface area (Å²) >= 11 is 0. The summed E-state index contributed by atoms with van der Waals surface area (Å²) in [5.41, 5.74) is 0.482. The van der Waals surface area contributed by atoms with Crippen LogP contribution in [0.1, 0.15) is 11.4 Å². The van der Waals surface area contributed by atoms with Crippen molar-refractivity contribution in [1.82, 2.24) is 9.97 Å². The van der Waals surface area contributed by atoms with Crippen LogP contribution in [0.2, 0.25) is 0 Å². The molecule has 0 aromatic carbocycles. The van der Waals surface area contributed by atoms with E-state index in [9.17, 15) is 13.2 Å². The maximum absolute atomic E-state index is 11.9. The molecule has 0 saturated carbocycles. The summed E-state index contributed by atoms with van der Waals surface area (Å²) in [6, 6.07) is 0. The van der Waals surface area contributed by atoms with Crippen molar-refractivity contribution in [3.8, 4) is 0 Å². The van der Waals surface area contributed by atoms with E-state index >= 15 is 0 Å². The Morgan fingerprint density at radius 2 is 1.77 bits per heavy atom. The van der Waals surface area contributed by atoms with Gasteiger partial charge in [-0.25, -0.2) is 9.97 Å². The Bertz CT molecular complexity index is 270. The lowest BCUT2D eigenvalue weighted by Gasteiger charge is -2.04. The molecular weight excluding hydrogens is 185 g/mol. The largest absolute Gasteiger partial charge is 0.451 e. The van der Waals surface area contributed by atoms with Crippen molar-refractivity contribution in [1.29, 1.82) is 0 Å². The third kappa shape index (κ3) is 2.66. The van der Waals surface area contributed by atoms with Crippen molar-refractivity contribution in [2.45, 2.75) is 12.6 Å². The second-order valence-corrected chi connectivity index (χ2v) is 2.39. The minimum absolute atomic E-state index is 0.130. The fourth-order valence-corrected chi connectivity index (χ4v) is 0.759. The summed E-state index contributed by atoms with van der Waals surface area (Å²) in [6.45, 7) is -0.130. The van der Waals surface area contributed by atoms with Crippen LogP contribution in [0.5, 0.6) is 0 Å². The highest BCUT2D eigenvalue weighted by Crippen LogP contribution is 2.25. The van der Waals surface area contributed by atoms with E-state index in [1.165, 1.54) is 0 Å². The molecule has 0 aliphatic rings. The number of aliphatic hydroxyl groups is 1. The quantitative estimate of drug-likeness (QED) is 0.761. The summed E-state index contributed by atoms with van der Waals surface area (Å²) in [4.78, 5) is 6.24. The number of hydrogen-bond acceptors (Lipinski definition) is 3. The Morgan fingerprint density at radius 3 is 2.15 bits per heavy atom. The average Bonchev–Trinajstić information content (AvgIpc) is 2.04. The zero-order valence-corrected chi connectivity index (χ0v) is 6.54. The first-order chi connectivity index (χ1) is 6.04. The van der Waals surface area contributed by atoms with Crippen LogP contribution in [0.25, 0.3) is 0 Å². The minimum atomic E-state index is -4.50. The molecule has 1 aromatic heterocycles. The molecule has 1 rings (SSSR count). The Balaban J connectivity index is 2.81. The van der Waals surface area contributed by atoms with Gasteiger partial charge in [-0.05, 0) is 12.0 Å². The van der Waals surface area contributed by atoms with E-state index in [-0.39, 0.29) is 13.0 Å². The molecule has 0 unspecified atom stereocenters. The van der Waals surface area contributed by atoms with Crippen LogP contribution in [0, 0.1) is 0 Å². The smallest absolute Gasteiger partial charge is 0.396 e. The predicted molar refractivity (Wildman–Crippen MR) is 37.8 cm³/mol. The van der Waals surface area contributed by atoms with Crippen molar-refractivity contribution in [2.24, 2.45) is 0 Å². The maximum atomic E-state index is 11.9. The normalized spacial score (nSPS) is 11.7. The van der Waals surface area contributed by atoms with Crippen LogP contribution in [0.15, 0.2) is 12.4 Å². The molecule has 6 heteroatoms. The van der Waals surface area contributed by atoms with Crippen LogP contribution in [-0.4, -0.2) is 21.7 Å². The molecular formula is C7H7F3N2O. The zero-order valence-electron chi connectivity index (χ0n) is 6.54. The molecule has 0 fully saturated rings. The molecule has 1 heterocycles. The van der Waals surface area contributed by atoms with E-state index in [1.54, 1.807) is 0 Å². The number of aromatic nitrogens is 2. The van der Waals surface area contributed by atoms with Gasteiger partial charge in [0.1, 0.15) is 0 Å². The molecule has 0 aliphatic heterocycles. The van der Waals surface area contributed by atoms with E-state index in [1.807, 2.05) is 0 Å². The van der Waals surface area contributed by atoms with Crippen molar-refractivity contribution >= 4 is 0 Å². The van der Waals surface area contributed by atoms with Crippen LogP contribution in [0.4, 0.5) is 13.2 Å². The van der Waals surface area contributed by atoms with Crippen LogP contribution in [-0.2, 0) is 12.6 Å². The van der Waals surface area contributed by atoms with Gasteiger partial charge in [0.2, 0.25) is 5.82 Å². The highest BCUT2D eigenvalue weighted by molar-refractivity contribution is 5.06. The van der Waals surface area contributed by atoms with Gasteiger partial charge in [0, 0.05) is 19.0 Å². The SMILES string of the molecule is OCCc1cnc(C(F)(F)F)nc1. The van der Waals surface area contributed by atoms with Crippen molar-refractivity contribution in [3.63, 3.8) is 0 Å². The standard InChI is InChI=1S/C7H7F3N2O/c8-7(9,10)6-11-3-5(1-2-13)4-12-6/h3-4,13H,1-2H2. The van der Waals surface area contributed by atoms with Crippen LogP contribution in [0.3, 0.4) is 0 Å². The first-order valence-electron chi connectivity index (χ1n) is 3.53. The fraction of sp³-hybridized carbons (Fsp3) is 0.429. The van der Waals surface area contributed by atoms with Gasteiger partial charge in [-0.1, -0.05) is 0 Å².